The van der Waals surface area contributed by atoms with Crippen molar-refractivity contribution in [1.29, 1.82) is 0 Å². The minimum atomic E-state index is -0.237. The van der Waals surface area contributed by atoms with E-state index in [2.05, 4.69) is 38.1 Å². The summed E-state index contributed by atoms with van der Waals surface area (Å²) in [6.07, 6.45) is 0. The Morgan fingerprint density at radius 3 is 3.00 bits per heavy atom. The molecule has 7 heteroatoms. The molecule has 102 valence electrons. The fraction of sp³-hybridized carbons (Fsp3) is 0.333. The summed E-state index contributed by atoms with van der Waals surface area (Å²) in [7, 11) is 1.67. The van der Waals surface area contributed by atoms with Crippen LogP contribution < -0.4 is 5.32 Å². The largest absolute Gasteiger partial charge is 0.383 e. The number of nitrogens with one attached hydrogen (secondary N) is 1. The van der Waals surface area contributed by atoms with Gasteiger partial charge in [-0.15, -0.1) is 10.2 Å². The average Bonchev–Trinajstić information content (AvgIpc) is 2.83. The van der Waals surface area contributed by atoms with Crippen molar-refractivity contribution in [3.8, 4) is 10.6 Å². The molecular weight excluding hydrogens is 380 g/mol. The summed E-state index contributed by atoms with van der Waals surface area (Å²) >= 11 is 3.62. The van der Waals surface area contributed by atoms with Gasteiger partial charge in [0.05, 0.1) is 6.61 Å². The number of methoxy groups -OCH3 is 1. The lowest BCUT2D eigenvalue weighted by Crippen LogP contribution is -2.18. The Bertz CT molecular complexity index is 550. The first-order valence-electron chi connectivity index (χ1n) is 5.68. The maximum atomic E-state index is 13.0. The number of aromatic nitrogens is 2. The molecule has 0 fully saturated rings. The van der Waals surface area contributed by atoms with Gasteiger partial charge in [0.15, 0.2) is 0 Å². The van der Waals surface area contributed by atoms with Crippen molar-refractivity contribution in [2.45, 2.75) is 6.54 Å². The first-order chi connectivity index (χ1) is 9.20. The van der Waals surface area contributed by atoms with Crippen LogP contribution >= 0.6 is 33.9 Å². The zero-order valence-electron chi connectivity index (χ0n) is 10.3. The number of nitrogens with zero attached hydrogens (tertiary/aromatic N) is 2. The van der Waals surface area contributed by atoms with Crippen LogP contribution in [0, 0.1) is 9.39 Å². The molecule has 0 atom stereocenters. The molecule has 1 heterocycles. The van der Waals surface area contributed by atoms with Gasteiger partial charge in [-0.3, -0.25) is 0 Å². The molecule has 0 saturated carbocycles. The first-order valence-corrected chi connectivity index (χ1v) is 7.57. The Balaban J connectivity index is 2.04. The highest BCUT2D eigenvalue weighted by molar-refractivity contribution is 14.1. The van der Waals surface area contributed by atoms with Crippen molar-refractivity contribution >= 4 is 33.9 Å². The highest BCUT2D eigenvalue weighted by atomic mass is 127. The quantitative estimate of drug-likeness (QED) is 0.606. The van der Waals surface area contributed by atoms with Gasteiger partial charge < -0.3 is 10.1 Å². The number of hydrogen-bond donors (Lipinski definition) is 1. The van der Waals surface area contributed by atoms with Gasteiger partial charge in [-0.2, -0.15) is 0 Å². The summed E-state index contributed by atoms with van der Waals surface area (Å²) < 4.78 is 18.8. The first kappa shape index (κ1) is 14.8. The molecule has 1 aromatic carbocycles. The van der Waals surface area contributed by atoms with E-state index < -0.39 is 0 Å². The molecule has 0 saturated heterocycles. The molecule has 0 amide bonds. The van der Waals surface area contributed by atoms with Crippen molar-refractivity contribution in [1.82, 2.24) is 15.5 Å². The van der Waals surface area contributed by atoms with Gasteiger partial charge in [0, 0.05) is 29.3 Å². The molecule has 4 nitrogen and oxygen atoms in total. The van der Waals surface area contributed by atoms with Gasteiger partial charge in [-0.1, -0.05) is 11.3 Å². The molecular formula is C12H13FIN3OS. The van der Waals surface area contributed by atoms with Crippen molar-refractivity contribution < 1.29 is 9.13 Å². The lowest BCUT2D eigenvalue weighted by atomic mass is 10.2. The summed E-state index contributed by atoms with van der Waals surface area (Å²) in [5.41, 5.74) is 0.919. The van der Waals surface area contributed by atoms with Crippen LogP contribution in [0.25, 0.3) is 10.6 Å². The van der Waals surface area contributed by atoms with Crippen LogP contribution in [0.4, 0.5) is 4.39 Å². The Kier molecular flexibility index (Phi) is 5.61. The number of rotatable bonds is 6. The van der Waals surface area contributed by atoms with Crippen LogP contribution in [0.5, 0.6) is 0 Å². The summed E-state index contributed by atoms with van der Waals surface area (Å²) in [4.78, 5) is 0. The van der Waals surface area contributed by atoms with Gasteiger partial charge in [0.1, 0.15) is 15.8 Å². The van der Waals surface area contributed by atoms with Gasteiger partial charge in [-0.05, 0) is 40.8 Å². The van der Waals surface area contributed by atoms with E-state index >= 15 is 0 Å². The SMILES string of the molecule is COCCNCc1nnc(-c2ccc(F)cc2I)s1. The van der Waals surface area contributed by atoms with E-state index in [1.807, 2.05) is 0 Å². The van der Waals surface area contributed by atoms with Crippen LogP contribution in [0.15, 0.2) is 18.2 Å². The molecule has 0 radical (unpaired) electrons. The normalized spacial score (nSPS) is 10.9. The standard InChI is InChI=1S/C12H13FIN3OS/c1-18-5-4-15-7-11-16-17-12(19-11)9-3-2-8(13)6-10(9)14/h2-3,6,15H,4-5,7H2,1H3. The van der Waals surface area contributed by atoms with E-state index in [4.69, 9.17) is 4.74 Å². The lowest BCUT2D eigenvalue weighted by molar-refractivity contribution is 0.199. The second-order valence-electron chi connectivity index (χ2n) is 3.79. The zero-order chi connectivity index (χ0) is 13.7. The van der Waals surface area contributed by atoms with Gasteiger partial charge in [0.2, 0.25) is 0 Å². The second-order valence-corrected chi connectivity index (χ2v) is 6.02. The average molecular weight is 393 g/mol. The van der Waals surface area contributed by atoms with Crippen LogP contribution in [0.2, 0.25) is 0 Å². The third kappa shape index (κ3) is 4.16. The van der Waals surface area contributed by atoms with E-state index in [9.17, 15) is 4.39 Å². The van der Waals surface area contributed by atoms with Gasteiger partial charge in [0.25, 0.3) is 0 Å². The zero-order valence-corrected chi connectivity index (χ0v) is 13.3. The summed E-state index contributed by atoms with van der Waals surface area (Å²) in [5, 5.41) is 13.2. The molecule has 1 aromatic heterocycles. The minimum absolute atomic E-state index is 0.237. The van der Waals surface area contributed by atoms with Crippen molar-refractivity contribution in [2.75, 3.05) is 20.3 Å². The molecule has 0 aliphatic carbocycles. The van der Waals surface area contributed by atoms with Crippen LogP contribution in [0.3, 0.4) is 0 Å². The van der Waals surface area contributed by atoms with Crippen LogP contribution in [-0.2, 0) is 11.3 Å². The predicted molar refractivity (Wildman–Crippen MR) is 81.6 cm³/mol. The summed E-state index contributed by atoms with van der Waals surface area (Å²) in [6, 6.07) is 4.67. The topological polar surface area (TPSA) is 47.0 Å². The summed E-state index contributed by atoms with van der Waals surface area (Å²) in [6.45, 7) is 2.11. The van der Waals surface area contributed by atoms with Crippen LogP contribution in [0.1, 0.15) is 5.01 Å². The molecule has 0 bridgehead atoms. The highest BCUT2D eigenvalue weighted by Gasteiger charge is 2.10. The summed E-state index contributed by atoms with van der Waals surface area (Å²) in [5.74, 6) is -0.237. The Morgan fingerprint density at radius 1 is 1.42 bits per heavy atom. The molecule has 19 heavy (non-hydrogen) atoms. The van der Waals surface area contributed by atoms with E-state index in [0.717, 1.165) is 25.7 Å². The molecule has 0 spiro atoms. The Labute approximate surface area is 128 Å². The second kappa shape index (κ2) is 7.22. The van der Waals surface area contributed by atoms with Crippen molar-refractivity contribution in [2.24, 2.45) is 0 Å². The molecule has 2 aromatic rings. The van der Waals surface area contributed by atoms with E-state index in [0.29, 0.717) is 13.2 Å². The van der Waals surface area contributed by atoms with Crippen LogP contribution in [-0.4, -0.2) is 30.5 Å². The maximum absolute atomic E-state index is 13.0. The van der Waals surface area contributed by atoms with Gasteiger partial charge in [-0.25, -0.2) is 4.39 Å². The number of benzene rings is 1. The maximum Gasteiger partial charge on any atom is 0.148 e. The van der Waals surface area contributed by atoms with E-state index in [-0.39, 0.29) is 5.82 Å². The monoisotopic (exact) mass is 393 g/mol. The van der Waals surface area contributed by atoms with E-state index in [1.54, 1.807) is 13.2 Å². The Hall–Kier alpha value is -0.640. The molecule has 0 unspecified atom stereocenters. The third-order valence-electron chi connectivity index (χ3n) is 2.39. The molecule has 0 aliphatic rings. The number of hydrogen-bond acceptors (Lipinski definition) is 5. The molecule has 0 aliphatic heterocycles. The molecule has 1 N–H and O–H groups in total. The fourth-order valence-corrected chi connectivity index (χ4v) is 3.23. The van der Waals surface area contributed by atoms with Gasteiger partial charge >= 0.3 is 0 Å². The Morgan fingerprint density at radius 2 is 2.26 bits per heavy atom. The molecule has 2 rings (SSSR count). The highest BCUT2D eigenvalue weighted by Crippen LogP contribution is 2.28. The lowest BCUT2D eigenvalue weighted by Gasteiger charge is -2.00. The smallest absolute Gasteiger partial charge is 0.148 e. The minimum Gasteiger partial charge on any atom is -0.383 e. The number of ether oxygens (including phenoxy) is 1. The van der Waals surface area contributed by atoms with E-state index in [1.165, 1.54) is 23.5 Å². The van der Waals surface area contributed by atoms with Crippen molar-refractivity contribution in [3.63, 3.8) is 0 Å². The predicted octanol–water partition coefficient (Wildman–Crippen LogP) is 2.68. The number of halogens is 2. The van der Waals surface area contributed by atoms with Crippen molar-refractivity contribution in [3.05, 3.63) is 32.6 Å². The fourth-order valence-electron chi connectivity index (χ4n) is 1.47. The third-order valence-corrected chi connectivity index (χ3v) is 4.24.